The molecule has 0 bridgehead atoms. The molecular weight excluding hydrogens is 260 g/mol. The fourth-order valence-electron chi connectivity index (χ4n) is 2.56. The van der Waals surface area contributed by atoms with Gasteiger partial charge in [0.2, 0.25) is 0 Å². The van der Waals surface area contributed by atoms with E-state index in [9.17, 15) is 0 Å². The molecule has 0 amide bonds. The molecular formula is C14H20N2O2S. The van der Waals surface area contributed by atoms with Gasteiger partial charge in [-0.2, -0.15) is 0 Å². The predicted molar refractivity (Wildman–Crippen MR) is 80.9 cm³/mol. The highest BCUT2D eigenvalue weighted by Gasteiger charge is 2.27. The Labute approximate surface area is 119 Å². The summed E-state index contributed by atoms with van der Waals surface area (Å²) in [5.74, 6) is 0.787. The smallest absolute Gasteiger partial charge is 0.120 e. The van der Waals surface area contributed by atoms with Gasteiger partial charge in [-0.15, -0.1) is 0 Å². The summed E-state index contributed by atoms with van der Waals surface area (Å²) in [6.07, 6.45) is 3.58. The molecule has 3 N–H and O–H groups in total. The third-order valence-corrected chi connectivity index (χ3v) is 3.81. The Kier molecular flexibility index (Phi) is 4.61. The summed E-state index contributed by atoms with van der Waals surface area (Å²) in [4.78, 5) is 0.386. The molecule has 1 aromatic rings. The second-order valence-corrected chi connectivity index (χ2v) is 5.17. The van der Waals surface area contributed by atoms with Crippen LogP contribution in [0.2, 0.25) is 0 Å². The third kappa shape index (κ3) is 3.16. The van der Waals surface area contributed by atoms with Gasteiger partial charge in [0.1, 0.15) is 10.7 Å². The van der Waals surface area contributed by atoms with Crippen LogP contribution in [0.25, 0.3) is 0 Å². The molecule has 0 aliphatic heterocycles. The number of ether oxygens (including phenoxy) is 2. The monoisotopic (exact) mass is 280 g/mol. The van der Waals surface area contributed by atoms with Crippen molar-refractivity contribution in [3.8, 4) is 5.75 Å². The van der Waals surface area contributed by atoms with Crippen molar-refractivity contribution in [2.45, 2.75) is 31.4 Å². The van der Waals surface area contributed by atoms with Crippen molar-refractivity contribution >= 4 is 22.9 Å². The van der Waals surface area contributed by atoms with E-state index in [0.717, 1.165) is 29.8 Å². The highest BCUT2D eigenvalue weighted by molar-refractivity contribution is 7.80. The van der Waals surface area contributed by atoms with Crippen molar-refractivity contribution in [2.75, 3.05) is 19.5 Å². The molecule has 1 fully saturated rings. The molecule has 5 heteroatoms. The Morgan fingerprint density at radius 1 is 1.37 bits per heavy atom. The highest BCUT2D eigenvalue weighted by atomic mass is 32.1. The summed E-state index contributed by atoms with van der Waals surface area (Å²) in [6.45, 7) is 0. The molecule has 104 valence electrons. The summed E-state index contributed by atoms with van der Waals surface area (Å²) in [5, 5.41) is 3.49. The number of thiocarbonyl (C=S) groups is 1. The first-order valence-corrected chi connectivity index (χ1v) is 6.83. The van der Waals surface area contributed by atoms with Crippen molar-refractivity contribution in [1.29, 1.82) is 0 Å². The molecule has 1 aliphatic rings. The van der Waals surface area contributed by atoms with Crippen LogP contribution in [0, 0.1) is 0 Å². The van der Waals surface area contributed by atoms with Crippen molar-refractivity contribution < 1.29 is 9.47 Å². The number of benzene rings is 1. The molecule has 4 nitrogen and oxygen atoms in total. The van der Waals surface area contributed by atoms with Gasteiger partial charge in [0.15, 0.2) is 0 Å². The molecule has 2 rings (SSSR count). The van der Waals surface area contributed by atoms with E-state index in [0.29, 0.717) is 11.0 Å². The van der Waals surface area contributed by atoms with E-state index >= 15 is 0 Å². The number of nitrogens with one attached hydrogen (secondary N) is 1. The zero-order valence-corrected chi connectivity index (χ0v) is 12.1. The van der Waals surface area contributed by atoms with Crippen molar-refractivity contribution in [3.05, 3.63) is 23.8 Å². The summed E-state index contributed by atoms with van der Waals surface area (Å²) < 4.78 is 10.7. The first-order valence-electron chi connectivity index (χ1n) is 6.43. The lowest BCUT2D eigenvalue weighted by molar-refractivity contribution is 0.101. The standard InChI is InChI=1S/C14H20N2O2S/c1-17-9-6-7-10(14(15)19)12(8-9)16-11-4-3-5-13(11)18-2/h6-8,11,13,16H,3-5H2,1-2H3,(H2,15,19). The maximum atomic E-state index is 5.77. The van der Waals surface area contributed by atoms with E-state index in [2.05, 4.69) is 5.32 Å². The van der Waals surface area contributed by atoms with Gasteiger partial charge in [-0.3, -0.25) is 0 Å². The Bertz CT molecular complexity index is 465. The number of anilines is 1. The summed E-state index contributed by atoms with van der Waals surface area (Å²) in [5.41, 5.74) is 7.53. The molecule has 2 unspecified atom stereocenters. The van der Waals surface area contributed by atoms with Gasteiger partial charge < -0.3 is 20.5 Å². The largest absolute Gasteiger partial charge is 0.497 e. The zero-order chi connectivity index (χ0) is 13.8. The van der Waals surface area contributed by atoms with Gasteiger partial charge in [0.05, 0.1) is 19.3 Å². The second kappa shape index (κ2) is 6.21. The second-order valence-electron chi connectivity index (χ2n) is 4.73. The van der Waals surface area contributed by atoms with Gasteiger partial charge >= 0.3 is 0 Å². The molecule has 0 heterocycles. The van der Waals surface area contributed by atoms with Crippen LogP contribution < -0.4 is 15.8 Å². The SMILES string of the molecule is COc1ccc(C(N)=S)c(NC2CCCC2OC)c1. The van der Waals surface area contributed by atoms with Gasteiger partial charge in [-0.1, -0.05) is 12.2 Å². The Balaban J connectivity index is 2.24. The minimum atomic E-state index is 0.241. The topological polar surface area (TPSA) is 56.5 Å². The van der Waals surface area contributed by atoms with E-state index in [1.165, 1.54) is 6.42 Å². The van der Waals surface area contributed by atoms with Gasteiger partial charge in [0.25, 0.3) is 0 Å². The molecule has 19 heavy (non-hydrogen) atoms. The maximum absolute atomic E-state index is 5.77. The fourth-order valence-corrected chi connectivity index (χ4v) is 2.74. The molecule has 0 radical (unpaired) electrons. The van der Waals surface area contributed by atoms with Crippen LogP contribution in [0.3, 0.4) is 0 Å². The van der Waals surface area contributed by atoms with E-state index < -0.39 is 0 Å². The highest BCUT2D eigenvalue weighted by Crippen LogP contribution is 2.29. The van der Waals surface area contributed by atoms with Gasteiger partial charge in [-0.05, 0) is 31.4 Å². The van der Waals surface area contributed by atoms with Crippen molar-refractivity contribution in [2.24, 2.45) is 5.73 Å². The summed E-state index contributed by atoms with van der Waals surface area (Å²) in [6, 6.07) is 5.98. The first-order chi connectivity index (χ1) is 9.15. The quantitative estimate of drug-likeness (QED) is 0.811. The minimum Gasteiger partial charge on any atom is -0.497 e. The van der Waals surface area contributed by atoms with Crippen LogP contribution in [-0.4, -0.2) is 31.4 Å². The average Bonchev–Trinajstić information content (AvgIpc) is 2.85. The molecule has 0 aromatic heterocycles. The fraction of sp³-hybridized carbons (Fsp3) is 0.500. The van der Waals surface area contributed by atoms with Gasteiger partial charge in [-0.25, -0.2) is 0 Å². The average molecular weight is 280 g/mol. The van der Waals surface area contributed by atoms with Gasteiger partial charge in [0, 0.05) is 24.4 Å². The molecule has 2 atom stereocenters. The normalized spacial score (nSPS) is 22.2. The first kappa shape index (κ1) is 14.1. The van der Waals surface area contributed by atoms with Crippen LogP contribution in [-0.2, 0) is 4.74 Å². The Morgan fingerprint density at radius 2 is 2.16 bits per heavy atom. The predicted octanol–water partition coefficient (Wildman–Crippen LogP) is 2.31. The number of hydrogen-bond donors (Lipinski definition) is 2. The number of nitrogens with two attached hydrogens (primary N) is 1. The Hall–Kier alpha value is -1.33. The van der Waals surface area contributed by atoms with E-state index in [1.54, 1.807) is 14.2 Å². The van der Waals surface area contributed by atoms with Crippen LogP contribution in [0.1, 0.15) is 24.8 Å². The lowest BCUT2D eigenvalue weighted by Gasteiger charge is -2.22. The van der Waals surface area contributed by atoms with Crippen LogP contribution in [0.5, 0.6) is 5.75 Å². The molecule has 0 spiro atoms. The van der Waals surface area contributed by atoms with Crippen LogP contribution >= 0.6 is 12.2 Å². The van der Waals surface area contributed by atoms with Crippen molar-refractivity contribution in [1.82, 2.24) is 0 Å². The van der Waals surface area contributed by atoms with Crippen molar-refractivity contribution in [3.63, 3.8) is 0 Å². The Morgan fingerprint density at radius 3 is 2.79 bits per heavy atom. The minimum absolute atomic E-state index is 0.241. The lowest BCUT2D eigenvalue weighted by Crippen LogP contribution is -2.30. The number of methoxy groups -OCH3 is 2. The number of hydrogen-bond acceptors (Lipinski definition) is 4. The maximum Gasteiger partial charge on any atom is 0.120 e. The summed E-state index contributed by atoms with van der Waals surface area (Å²) in [7, 11) is 3.40. The molecule has 1 aliphatic carbocycles. The molecule has 0 saturated heterocycles. The van der Waals surface area contributed by atoms with Crippen LogP contribution in [0.4, 0.5) is 5.69 Å². The summed E-state index contributed by atoms with van der Waals surface area (Å²) >= 11 is 5.09. The van der Waals surface area contributed by atoms with E-state index in [4.69, 9.17) is 27.4 Å². The van der Waals surface area contributed by atoms with E-state index in [-0.39, 0.29) is 6.10 Å². The molecule has 1 saturated carbocycles. The zero-order valence-electron chi connectivity index (χ0n) is 11.3. The lowest BCUT2D eigenvalue weighted by atomic mass is 10.1. The third-order valence-electron chi connectivity index (χ3n) is 3.59. The van der Waals surface area contributed by atoms with Crippen LogP contribution in [0.15, 0.2) is 18.2 Å². The molecule has 1 aromatic carbocycles. The number of rotatable bonds is 5. The van der Waals surface area contributed by atoms with E-state index in [1.807, 2.05) is 18.2 Å².